The zero-order chi connectivity index (χ0) is 14.7. The second kappa shape index (κ2) is 8.93. The molecule has 0 bridgehead atoms. The molecule has 0 saturated carbocycles. The van der Waals surface area contributed by atoms with E-state index in [4.69, 9.17) is 4.98 Å². The summed E-state index contributed by atoms with van der Waals surface area (Å²) in [5.74, 6) is 1.04. The summed E-state index contributed by atoms with van der Waals surface area (Å²) in [5.41, 5.74) is 3.65. The van der Waals surface area contributed by atoms with Gasteiger partial charge in [-0.25, -0.2) is 4.98 Å². The van der Waals surface area contributed by atoms with Crippen LogP contribution >= 0.6 is 0 Å². The summed E-state index contributed by atoms with van der Waals surface area (Å²) in [6, 6.07) is 6.97. The van der Waals surface area contributed by atoms with Gasteiger partial charge in [-0.05, 0) is 25.0 Å². The quantitative estimate of drug-likeness (QED) is 0.856. The van der Waals surface area contributed by atoms with Gasteiger partial charge >= 0.3 is 58.2 Å². The minimum absolute atomic E-state index is 0. The summed E-state index contributed by atoms with van der Waals surface area (Å²) in [6.45, 7) is 7.37. The van der Waals surface area contributed by atoms with E-state index in [9.17, 15) is 0 Å². The first kappa shape index (κ1) is 18.6. The van der Waals surface area contributed by atoms with Crippen LogP contribution < -0.4 is 63.5 Å². The van der Waals surface area contributed by atoms with Gasteiger partial charge in [-0.3, -0.25) is 0 Å². The molecule has 22 heavy (non-hydrogen) atoms. The van der Waals surface area contributed by atoms with Crippen molar-refractivity contribution in [2.24, 2.45) is 0 Å². The maximum absolute atomic E-state index is 4.88. The van der Waals surface area contributed by atoms with E-state index in [0.29, 0.717) is 6.04 Å². The van der Waals surface area contributed by atoms with Crippen molar-refractivity contribution < 1.29 is 58.2 Å². The van der Waals surface area contributed by atoms with Crippen LogP contribution in [-0.2, 0) is 6.54 Å². The molecule has 1 aromatic heterocycles. The Morgan fingerprint density at radius 1 is 1.32 bits per heavy atom. The fraction of sp³-hybridized carbons (Fsp3) is 0.588. The standard InChI is InChI=1S/C17H25N4.Rb/c1-3-4-12-21-15-7-5-6-13(2)16(15)20-17(21)19-14-8-10-18-11-9-14;/h5-7,14H,3-4,8-12H2,1-2H3,(H,19,20);/q-1;+1. The molecule has 1 N–H and O–H groups in total. The number of rotatable bonds is 5. The summed E-state index contributed by atoms with van der Waals surface area (Å²) in [7, 11) is 0. The Hall–Kier alpha value is 0.255. The van der Waals surface area contributed by atoms with E-state index >= 15 is 0 Å². The van der Waals surface area contributed by atoms with Gasteiger partial charge in [-0.1, -0.05) is 38.3 Å². The molecule has 1 aliphatic rings. The fourth-order valence-electron chi connectivity index (χ4n) is 3.02. The Morgan fingerprint density at radius 2 is 2.09 bits per heavy atom. The summed E-state index contributed by atoms with van der Waals surface area (Å²) in [4.78, 5) is 4.88. The van der Waals surface area contributed by atoms with Gasteiger partial charge in [0.25, 0.3) is 0 Å². The Balaban J connectivity index is 0.00000176. The first-order valence-electron chi connectivity index (χ1n) is 8.15. The van der Waals surface area contributed by atoms with Gasteiger partial charge in [0.15, 0.2) is 0 Å². The fourth-order valence-corrected chi connectivity index (χ4v) is 3.02. The average Bonchev–Trinajstić information content (AvgIpc) is 2.85. The second-order valence-corrected chi connectivity index (χ2v) is 5.97. The van der Waals surface area contributed by atoms with Gasteiger partial charge in [0.05, 0.1) is 11.0 Å². The molecule has 3 rings (SSSR count). The number of anilines is 1. The van der Waals surface area contributed by atoms with Gasteiger partial charge < -0.3 is 15.2 Å². The van der Waals surface area contributed by atoms with Crippen LogP contribution in [0.2, 0.25) is 0 Å². The molecule has 0 spiro atoms. The van der Waals surface area contributed by atoms with Crippen molar-refractivity contribution in [2.45, 2.75) is 52.1 Å². The second-order valence-electron chi connectivity index (χ2n) is 5.97. The van der Waals surface area contributed by atoms with Crippen LogP contribution in [0, 0.1) is 6.92 Å². The van der Waals surface area contributed by atoms with Gasteiger partial charge in [-0.15, -0.1) is 13.1 Å². The summed E-state index contributed by atoms with van der Waals surface area (Å²) in [6.07, 6.45) is 4.63. The third kappa shape index (κ3) is 4.21. The molecule has 1 saturated heterocycles. The molecule has 5 heteroatoms. The number of hydrogen-bond donors (Lipinski definition) is 1. The van der Waals surface area contributed by atoms with Crippen LogP contribution in [0.4, 0.5) is 5.95 Å². The number of unbranched alkanes of at least 4 members (excludes halogenated alkanes) is 1. The number of aromatic nitrogens is 2. The van der Waals surface area contributed by atoms with E-state index in [2.05, 4.69) is 47.2 Å². The Labute approximate surface area is 182 Å². The normalized spacial score (nSPS) is 15.7. The van der Waals surface area contributed by atoms with Crippen LogP contribution in [0.1, 0.15) is 38.2 Å². The van der Waals surface area contributed by atoms with E-state index in [1.54, 1.807) is 0 Å². The largest absolute Gasteiger partial charge is 1.00 e. The minimum Gasteiger partial charge on any atom is -0.662 e. The van der Waals surface area contributed by atoms with Crippen molar-refractivity contribution in [3.63, 3.8) is 0 Å². The first-order valence-corrected chi connectivity index (χ1v) is 8.15. The number of fused-ring (bicyclic) bond motifs is 1. The number of aryl methyl sites for hydroxylation is 2. The topological polar surface area (TPSA) is 44.0 Å². The molecule has 4 nitrogen and oxygen atoms in total. The van der Waals surface area contributed by atoms with Crippen LogP contribution in [0.5, 0.6) is 0 Å². The predicted molar refractivity (Wildman–Crippen MR) is 89.1 cm³/mol. The van der Waals surface area contributed by atoms with Crippen LogP contribution in [-0.4, -0.2) is 28.7 Å². The summed E-state index contributed by atoms with van der Waals surface area (Å²) >= 11 is 0. The number of imidazole rings is 1. The molecule has 1 fully saturated rings. The van der Waals surface area contributed by atoms with Crippen molar-refractivity contribution in [2.75, 3.05) is 18.4 Å². The maximum Gasteiger partial charge on any atom is 1.00 e. The molecule has 2 heterocycles. The third-order valence-electron chi connectivity index (χ3n) is 4.32. The monoisotopic (exact) mass is 370 g/mol. The van der Waals surface area contributed by atoms with Crippen LogP contribution in [0.3, 0.4) is 0 Å². The molecular weight excluding hydrogens is 346 g/mol. The average molecular weight is 371 g/mol. The molecule has 0 atom stereocenters. The number of benzene rings is 1. The molecule has 1 aromatic carbocycles. The zero-order valence-electron chi connectivity index (χ0n) is 14.1. The Morgan fingerprint density at radius 3 is 2.82 bits per heavy atom. The number of piperidine rings is 1. The van der Waals surface area contributed by atoms with E-state index in [1.165, 1.54) is 23.9 Å². The van der Waals surface area contributed by atoms with Crippen molar-refractivity contribution in [3.05, 3.63) is 29.1 Å². The molecule has 0 aliphatic carbocycles. The third-order valence-corrected chi connectivity index (χ3v) is 4.32. The maximum atomic E-state index is 4.88. The first-order chi connectivity index (χ1) is 10.3. The minimum atomic E-state index is 0. The van der Waals surface area contributed by atoms with Gasteiger partial charge in [-0.2, -0.15) is 0 Å². The van der Waals surface area contributed by atoms with Gasteiger partial charge in [0.1, 0.15) is 0 Å². The molecule has 2 aromatic rings. The summed E-state index contributed by atoms with van der Waals surface area (Å²) in [5, 5.41) is 8.10. The Kier molecular flexibility index (Phi) is 7.54. The van der Waals surface area contributed by atoms with Gasteiger partial charge in [0, 0.05) is 12.6 Å². The zero-order valence-corrected chi connectivity index (χ0v) is 19.0. The van der Waals surface area contributed by atoms with E-state index in [-0.39, 0.29) is 58.2 Å². The number of nitrogens with one attached hydrogen (secondary N) is 1. The van der Waals surface area contributed by atoms with Crippen LogP contribution in [0.15, 0.2) is 18.2 Å². The molecule has 0 unspecified atom stereocenters. The number of hydrogen-bond acceptors (Lipinski definition) is 2. The summed E-state index contributed by atoms with van der Waals surface area (Å²) < 4.78 is 2.36. The van der Waals surface area contributed by atoms with E-state index in [0.717, 1.165) is 43.9 Å². The van der Waals surface area contributed by atoms with E-state index in [1.807, 2.05) is 0 Å². The van der Waals surface area contributed by atoms with Gasteiger partial charge in [0.2, 0.25) is 5.95 Å². The van der Waals surface area contributed by atoms with Crippen molar-refractivity contribution >= 4 is 17.0 Å². The van der Waals surface area contributed by atoms with Crippen molar-refractivity contribution in [1.82, 2.24) is 9.55 Å². The molecule has 1 aliphatic heterocycles. The smallest absolute Gasteiger partial charge is 0.662 e. The molecular formula is C17H25N4Rb. The van der Waals surface area contributed by atoms with E-state index < -0.39 is 0 Å². The molecule has 0 radical (unpaired) electrons. The van der Waals surface area contributed by atoms with Crippen LogP contribution in [0.25, 0.3) is 16.4 Å². The predicted octanol–water partition coefficient (Wildman–Crippen LogP) is 1.10. The molecule has 0 amide bonds. The number of para-hydroxylation sites is 1. The molecule has 114 valence electrons. The van der Waals surface area contributed by atoms with Crippen molar-refractivity contribution in [1.29, 1.82) is 0 Å². The SMILES string of the molecule is CCCCn1c(NC2CC[N-]CC2)nc2c(C)cccc21.[Rb+]. The van der Waals surface area contributed by atoms with Crippen molar-refractivity contribution in [3.8, 4) is 0 Å². The Bertz CT molecular complexity index is 602. The number of nitrogens with zero attached hydrogens (tertiary/aromatic N) is 3.